The van der Waals surface area contributed by atoms with Crippen LogP contribution in [0.15, 0.2) is 52.3 Å². The molecule has 0 aliphatic carbocycles. The van der Waals surface area contributed by atoms with E-state index in [1.807, 2.05) is 31.2 Å². The van der Waals surface area contributed by atoms with Crippen LogP contribution in [0.4, 0.5) is 0 Å². The van der Waals surface area contributed by atoms with E-state index >= 15 is 0 Å². The number of thiocarbonyl (C=S) groups is 1. The standard InChI is InChI=1S/C26H27N3O3S2/c1-5-6-12-29-25(31)21(34-26(29)33)15-19-23(27-22-9-7-8-13-28(22)24(19)30)32-20-14-17(4)10-11-18(20)16(2)3/h7-11,13-16H,5-6,12H2,1-4H3/b21-15+. The number of amides is 1. The summed E-state index contributed by atoms with van der Waals surface area (Å²) in [5, 5.41) is 0. The molecule has 0 atom stereocenters. The number of hydrogen-bond donors (Lipinski definition) is 0. The number of nitrogens with zero attached hydrogens (tertiary/aromatic N) is 3. The molecule has 2 aromatic heterocycles. The molecule has 8 heteroatoms. The summed E-state index contributed by atoms with van der Waals surface area (Å²) in [6.45, 7) is 8.79. The van der Waals surface area contributed by atoms with Gasteiger partial charge in [-0.3, -0.25) is 18.9 Å². The Hall–Kier alpha value is -2.97. The van der Waals surface area contributed by atoms with Crippen LogP contribution >= 0.6 is 24.0 Å². The SMILES string of the molecule is CCCCN1C(=O)/C(=C\c2c(Oc3cc(C)ccc3C(C)C)nc3ccccn3c2=O)SC1=S. The molecular weight excluding hydrogens is 466 g/mol. The van der Waals surface area contributed by atoms with Gasteiger partial charge in [0.2, 0.25) is 5.88 Å². The first-order valence-electron chi connectivity index (χ1n) is 11.3. The first kappa shape index (κ1) is 24.2. The normalized spacial score (nSPS) is 15.2. The predicted octanol–water partition coefficient (Wildman–Crippen LogP) is 5.92. The largest absolute Gasteiger partial charge is 0.438 e. The zero-order chi connectivity index (χ0) is 24.4. The van der Waals surface area contributed by atoms with Gasteiger partial charge in [-0.2, -0.15) is 4.98 Å². The van der Waals surface area contributed by atoms with Crippen LogP contribution in [-0.4, -0.2) is 31.1 Å². The first-order valence-corrected chi connectivity index (χ1v) is 12.6. The van der Waals surface area contributed by atoms with Gasteiger partial charge in [-0.1, -0.05) is 69.4 Å². The Kier molecular flexibility index (Phi) is 7.19. The van der Waals surface area contributed by atoms with Crippen LogP contribution in [0.2, 0.25) is 0 Å². The minimum atomic E-state index is -0.307. The highest BCUT2D eigenvalue weighted by atomic mass is 32.2. The monoisotopic (exact) mass is 493 g/mol. The van der Waals surface area contributed by atoms with E-state index in [1.165, 1.54) is 16.2 Å². The predicted molar refractivity (Wildman–Crippen MR) is 142 cm³/mol. The zero-order valence-corrected chi connectivity index (χ0v) is 21.3. The van der Waals surface area contributed by atoms with Gasteiger partial charge < -0.3 is 4.74 Å². The van der Waals surface area contributed by atoms with Crippen LogP contribution in [0.3, 0.4) is 0 Å². The van der Waals surface area contributed by atoms with E-state index in [1.54, 1.807) is 29.3 Å². The number of carbonyl (C=O) groups is 1. The van der Waals surface area contributed by atoms with Crippen molar-refractivity contribution >= 4 is 45.9 Å². The molecule has 0 N–H and O–H groups in total. The molecule has 1 aromatic carbocycles. The second kappa shape index (κ2) is 10.1. The highest BCUT2D eigenvalue weighted by molar-refractivity contribution is 8.26. The van der Waals surface area contributed by atoms with Gasteiger partial charge in [-0.15, -0.1) is 0 Å². The van der Waals surface area contributed by atoms with Crippen molar-refractivity contribution in [3.05, 3.63) is 74.5 Å². The van der Waals surface area contributed by atoms with E-state index in [0.29, 0.717) is 27.2 Å². The van der Waals surface area contributed by atoms with Crippen molar-refractivity contribution in [3.8, 4) is 11.6 Å². The summed E-state index contributed by atoms with van der Waals surface area (Å²) >= 11 is 6.63. The number of rotatable bonds is 7. The molecule has 1 aliphatic heterocycles. The molecule has 6 nitrogen and oxygen atoms in total. The lowest BCUT2D eigenvalue weighted by atomic mass is 10.0. The Labute approximate surface area is 208 Å². The zero-order valence-electron chi connectivity index (χ0n) is 19.7. The number of aryl methyl sites for hydroxylation is 1. The molecular formula is C26H27N3O3S2. The van der Waals surface area contributed by atoms with E-state index in [-0.39, 0.29) is 28.8 Å². The quantitative estimate of drug-likeness (QED) is 0.301. The van der Waals surface area contributed by atoms with Crippen molar-refractivity contribution in [1.82, 2.24) is 14.3 Å². The molecule has 0 bridgehead atoms. The van der Waals surface area contributed by atoms with E-state index in [0.717, 1.165) is 24.0 Å². The number of unbranched alkanes of at least 4 members (excludes halogenated alkanes) is 1. The maximum absolute atomic E-state index is 13.5. The lowest BCUT2D eigenvalue weighted by Crippen LogP contribution is -2.29. The summed E-state index contributed by atoms with van der Waals surface area (Å²) in [5.74, 6) is 0.843. The third-order valence-electron chi connectivity index (χ3n) is 5.62. The topological polar surface area (TPSA) is 63.9 Å². The van der Waals surface area contributed by atoms with E-state index in [2.05, 4.69) is 25.8 Å². The lowest BCUT2D eigenvalue weighted by molar-refractivity contribution is -0.122. The minimum absolute atomic E-state index is 0.169. The van der Waals surface area contributed by atoms with Gasteiger partial charge in [0.05, 0.1) is 4.91 Å². The Morgan fingerprint density at radius 2 is 2.00 bits per heavy atom. The summed E-state index contributed by atoms with van der Waals surface area (Å²) < 4.78 is 8.26. The molecule has 3 heterocycles. The van der Waals surface area contributed by atoms with Crippen molar-refractivity contribution in [2.24, 2.45) is 0 Å². The number of pyridine rings is 1. The molecule has 0 spiro atoms. The third kappa shape index (κ3) is 4.79. The van der Waals surface area contributed by atoms with Gasteiger partial charge in [-0.25, -0.2) is 0 Å². The number of fused-ring (bicyclic) bond motifs is 1. The number of hydrogen-bond acceptors (Lipinski definition) is 6. The minimum Gasteiger partial charge on any atom is -0.438 e. The molecule has 1 amide bonds. The first-order chi connectivity index (χ1) is 16.3. The number of thioether (sulfide) groups is 1. The van der Waals surface area contributed by atoms with Gasteiger partial charge in [0.15, 0.2) is 0 Å². The van der Waals surface area contributed by atoms with Crippen LogP contribution in [0.25, 0.3) is 11.7 Å². The van der Waals surface area contributed by atoms with E-state index in [4.69, 9.17) is 17.0 Å². The molecule has 176 valence electrons. The van der Waals surface area contributed by atoms with Crippen LogP contribution < -0.4 is 10.3 Å². The Morgan fingerprint density at radius 1 is 1.21 bits per heavy atom. The maximum atomic E-state index is 13.5. The summed E-state index contributed by atoms with van der Waals surface area (Å²) in [7, 11) is 0. The number of benzene rings is 1. The fourth-order valence-corrected chi connectivity index (χ4v) is 5.03. The van der Waals surface area contributed by atoms with Crippen molar-refractivity contribution in [2.45, 2.75) is 46.5 Å². The molecule has 0 radical (unpaired) electrons. The molecule has 1 saturated heterocycles. The van der Waals surface area contributed by atoms with Gasteiger partial charge in [0.25, 0.3) is 11.5 Å². The molecule has 4 rings (SSSR count). The number of ether oxygens (including phenoxy) is 1. The van der Waals surface area contributed by atoms with E-state index < -0.39 is 0 Å². The maximum Gasteiger partial charge on any atom is 0.269 e. The molecule has 1 fully saturated rings. The van der Waals surface area contributed by atoms with Crippen molar-refractivity contribution in [3.63, 3.8) is 0 Å². The molecule has 3 aromatic rings. The molecule has 1 aliphatic rings. The van der Waals surface area contributed by atoms with Crippen LogP contribution in [0.5, 0.6) is 11.6 Å². The van der Waals surface area contributed by atoms with Gasteiger partial charge in [-0.05, 0) is 54.7 Å². The number of carbonyl (C=O) groups excluding carboxylic acids is 1. The van der Waals surface area contributed by atoms with Crippen molar-refractivity contribution in [1.29, 1.82) is 0 Å². The fraction of sp³-hybridized carbons (Fsp3) is 0.308. The van der Waals surface area contributed by atoms with Gasteiger partial charge >= 0.3 is 0 Å². The summed E-state index contributed by atoms with van der Waals surface area (Å²) in [6, 6.07) is 11.3. The third-order valence-corrected chi connectivity index (χ3v) is 6.99. The number of aromatic nitrogens is 2. The molecule has 0 unspecified atom stereocenters. The van der Waals surface area contributed by atoms with Crippen LogP contribution in [0.1, 0.15) is 56.2 Å². The van der Waals surface area contributed by atoms with E-state index in [9.17, 15) is 9.59 Å². The summed E-state index contributed by atoms with van der Waals surface area (Å²) in [6.07, 6.45) is 5.04. The van der Waals surface area contributed by atoms with Crippen LogP contribution in [0, 0.1) is 6.92 Å². The second-order valence-electron chi connectivity index (χ2n) is 8.55. The molecule has 0 saturated carbocycles. The van der Waals surface area contributed by atoms with Gasteiger partial charge in [0, 0.05) is 12.7 Å². The molecule has 34 heavy (non-hydrogen) atoms. The summed E-state index contributed by atoms with van der Waals surface area (Å²) in [5.41, 5.74) is 2.43. The average molecular weight is 494 g/mol. The highest BCUT2D eigenvalue weighted by Crippen LogP contribution is 2.36. The Morgan fingerprint density at radius 3 is 2.74 bits per heavy atom. The van der Waals surface area contributed by atoms with Crippen LogP contribution in [-0.2, 0) is 4.79 Å². The Bertz CT molecular complexity index is 1360. The highest BCUT2D eigenvalue weighted by Gasteiger charge is 2.32. The average Bonchev–Trinajstić information content (AvgIpc) is 3.07. The van der Waals surface area contributed by atoms with Crippen molar-refractivity contribution in [2.75, 3.05) is 6.54 Å². The second-order valence-corrected chi connectivity index (χ2v) is 10.2. The smallest absolute Gasteiger partial charge is 0.269 e. The lowest BCUT2D eigenvalue weighted by Gasteiger charge is -2.16. The Balaban J connectivity index is 1.85. The van der Waals surface area contributed by atoms with Gasteiger partial charge in [0.1, 0.15) is 21.3 Å². The fourth-order valence-electron chi connectivity index (χ4n) is 3.73. The summed E-state index contributed by atoms with van der Waals surface area (Å²) in [4.78, 5) is 33.2. The van der Waals surface area contributed by atoms with Crippen molar-refractivity contribution < 1.29 is 9.53 Å².